The van der Waals surface area contributed by atoms with Gasteiger partial charge in [-0.15, -0.1) is 0 Å². The first kappa shape index (κ1) is 20.5. The maximum absolute atomic E-state index is 12.5. The van der Waals surface area contributed by atoms with E-state index < -0.39 is 18.0 Å². The van der Waals surface area contributed by atoms with Gasteiger partial charge in [0.25, 0.3) is 0 Å². The summed E-state index contributed by atoms with van der Waals surface area (Å²) in [5, 5.41) is 19.8. The number of nitrogens with zero attached hydrogens (tertiary/aromatic N) is 1. The monoisotopic (exact) mass is 436 g/mol. The average molecular weight is 437 g/mol. The summed E-state index contributed by atoms with van der Waals surface area (Å²) in [6.45, 7) is -0.296. The fourth-order valence-electron chi connectivity index (χ4n) is 3.39. The third kappa shape index (κ3) is 3.87. The Morgan fingerprint density at radius 3 is 2.68 bits per heavy atom. The van der Waals surface area contributed by atoms with E-state index in [0.717, 1.165) is 11.6 Å². The largest absolute Gasteiger partial charge is 0.489 e. The number of aliphatic hydroxyl groups is 1. The molecule has 0 fully saturated rings. The standard InChI is InChI=1S/C23H17ClN2O5/c24-17-7-3-1-5-13(17)12-29-19-8-4-2-6-15(19)20-16(10-25)23(26)31-21-18(28)9-14(11-27)30-22(20)21/h1-9,20,27H,11-12,26H2/t20-/m0/s1. The van der Waals surface area contributed by atoms with E-state index in [9.17, 15) is 15.2 Å². The van der Waals surface area contributed by atoms with Crippen LogP contribution in [0.15, 0.2) is 75.3 Å². The second-order valence-corrected chi connectivity index (χ2v) is 7.18. The van der Waals surface area contributed by atoms with Gasteiger partial charge in [-0.1, -0.05) is 48.0 Å². The van der Waals surface area contributed by atoms with Gasteiger partial charge in [0.05, 0.1) is 5.92 Å². The van der Waals surface area contributed by atoms with E-state index in [2.05, 4.69) is 0 Å². The summed E-state index contributed by atoms with van der Waals surface area (Å²) < 4.78 is 17.1. The molecule has 4 rings (SSSR count). The first-order valence-electron chi connectivity index (χ1n) is 9.34. The molecule has 2 heterocycles. The number of hydrogen-bond donors (Lipinski definition) is 2. The number of para-hydroxylation sites is 1. The maximum Gasteiger partial charge on any atom is 0.228 e. The van der Waals surface area contributed by atoms with Crippen molar-refractivity contribution in [3.05, 3.63) is 104 Å². The van der Waals surface area contributed by atoms with Crippen LogP contribution < -0.4 is 20.6 Å². The van der Waals surface area contributed by atoms with Crippen LogP contribution in [-0.4, -0.2) is 5.11 Å². The van der Waals surface area contributed by atoms with Crippen LogP contribution in [0, 0.1) is 11.3 Å². The summed E-state index contributed by atoms with van der Waals surface area (Å²) >= 11 is 6.22. The van der Waals surface area contributed by atoms with Crippen LogP contribution in [0.1, 0.15) is 28.6 Å². The predicted molar refractivity (Wildman–Crippen MR) is 112 cm³/mol. The number of hydrogen-bond acceptors (Lipinski definition) is 7. The highest BCUT2D eigenvalue weighted by molar-refractivity contribution is 6.31. The van der Waals surface area contributed by atoms with Crippen molar-refractivity contribution in [3.63, 3.8) is 0 Å². The summed E-state index contributed by atoms with van der Waals surface area (Å²) in [4.78, 5) is 12.5. The number of benzene rings is 2. The van der Waals surface area contributed by atoms with E-state index in [-0.39, 0.29) is 35.3 Å². The van der Waals surface area contributed by atoms with Crippen LogP contribution in [0.2, 0.25) is 5.02 Å². The third-order valence-electron chi connectivity index (χ3n) is 4.86. The number of fused-ring (bicyclic) bond motifs is 1. The van der Waals surface area contributed by atoms with Gasteiger partial charge in [0.2, 0.25) is 17.1 Å². The Balaban J connectivity index is 1.82. The number of nitriles is 1. The van der Waals surface area contributed by atoms with Crippen molar-refractivity contribution in [1.29, 1.82) is 5.26 Å². The van der Waals surface area contributed by atoms with Crippen molar-refractivity contribution in [3.8, 4) is 17.6 Å². The second kappa shape index (κ2) is 8.56. The van der Waals surface area contributed by atoms with Crippen LogP contribution in [0.5, 0.6) is 11.5 Å². The number of allylic oxidation sites excluding steroid dienone is 1. The molecule has 0 amide bonds. The fourth-order valence-corrected chi connectivity index (χ4v) is 3.59. The SMILES string of the molecule is N#CC1=C(N)Oc2c(oc(CO)cc2=O)[C@H]1c1ccccc1OCc1ccccc1Cl. The van der Waals surface area contributed by atoms with E-state index in [1.54, 1.807) is 30.3 Å². The molecule has 2 aromatic carbocycles. The Kier molecular flexibility index (Phi) is 5.67. The third-order valence-corrected chi connectivity index (χ3v) is 5.23. The highest BCUT2D eigenvalue weighted by Crippen LogP contribution is 2.44. The smallest absolute Gasteiger partial charge is 0.228 e. The van der Waals surface area contributed by atoms with E-state index >= 15 is 0 Å². The minimum absolute atomic E-state index is 0.0459. The van der Waals surface area contributed by atoms with Crippen molar-refractivity contribution >= 4 is 11.6 Å². The second-order valence-electron chi connectivity index (χ2n) is 6.77. The zero-order chi connectivity index (χ0) is 22.0. The average Bonchev–Trinajstić information content (AvgIpc) is 2.78. The molecular weight excluding hydrogens is 420 g/mol. The van der Waals surface area contributed by atoms with Gasteiger partial charge >= 0.3 is 0 Å². The zero-order valence-electron chi connectivity index (χ0n) is 16.2. The molecule has 1 aromatic heterocycles. The molecule has 1 aliphatic heterocycles. The molecule has 1 aliphatic rings. The predicted octanol–water partition coefficient (Wildman–Crippen LogP) is 3.58. The van der Waals surface area contributed by atoms with Crippen LogP contribution in [0.25, 0.3) is 0 Å². The number of rotatable bonds is 5. The van der Waals surface area contributed by atoms with Gasteiger partial charge in [-0.05, 0) is 12.1 Å². The molecule has 0 aliphatic carbocycles. The molecule has 0 saturated heterocycles. The molecule has 31 heavy (non-hydrogen) atoms. The molecule has 0 radical (unpaired) electrons. The number of ether oxygens (including phenoxy) is 2. The minimum atomic E-state index is -0.851. The van der Waals surface area contributed by atoms with Crippen molar-refractivity contribution in [2.24, 2.45) is 5.73 Å². The van der Waals surface area contributed by atoms with Gasteiger partial charge in [0.15, 0.2) is 5.76 Å². The molecule has 7 nitrogen and oxygen atoms in total. The molecule has 0 bridgehead atoms. The fraction of sp³-hybridized carbons (Fsp3) is 0.130. The summed E-state index contributed by atoms with van der Waals surface area (Å²) in [6, 6.07) is 17.5. The van der Waals surface area contributed by atoms with Crippen molar-refractivity contribution in [2.45, 2.75) is 19.1 Å². The molecule has 0 saturated carbocycles. The van der Waals surface area contributed by atoms with E-state index in [1.807, 2.05) is 24.3 Å². The first-order valence-corrected chi connectivity index (χ1v) is 9.71. The lowest BCUT2D eigenvalue weighted by molar-refractivity contribution is 0.231. The van der Waals surface area contributed by atoms with Gasteiger partial charge < -0.3 is 24.7 Å². The lowest BCUT2D eigenvalue weighted by Gasteiger charge is -2.26. The normalized spacial score (nSPS) is 15.1. The molecule has 3 aromatic rings. The Morgan fingerprint density at radius 1 is 1.19 bits per heavy atom. The number of halogens is 1. The Bertz CT molecular complexity index is 1280. The van der Waals surface area contributed by atoms with E-state index in [4.69, 9.17) is 31.2 Å². The molecule has 1 atom stereocenters. The van der Waals surface area contributed by atoms with Gasteiger partial charge in [-0.25, -0.2) is 0 Å². The van der Waals surface area contributed by atoms with Gasteiger partial charge in [-0.3, -0.25) is 4.79 Å². The zero-order valence-corrected chi connectivity index (χ0v) is 16.9. The molecule has 8 heteroatoms. The summed E-state index contributed by atoms with van der Waals surface area (Å²) in [6.07, 6.45) is 0. The maximum atomic E-state index is 12.5. The highest BCUT2D eigenvalue weighted by Gasteiger charge is 2.36. The highest BCUT2D eigenvalue weighted by atomic mass is 35.5. The van der Waals surface area contributed by atoms with E-state index in [1.165, 1.54) is 0 Å². The molecular formula is C23H17ClN2O5. The van der Waals surface area contributed by atoms with Crippen molar-refractivity contribution in [2.75, 3.05) is 0 Å². The topological polar surface area (TPSA) is 119 Å². The van der Waals surface area contributed by atoms with Crippen LogP contribution in [0.4, 0.5) is 0 Å². The van der Waals surface area contributed by atoms with Crippen LogP contribution in [0.3, 0.4) is 0 Å². The number of aliphatic hydroxyl groups excluding tert-OH is 1. The summed E-state index contributed by atoms with van der Waals surface area (Å²) in [5.41, 5.74) is 6.85. The van der Waals surface area contributed by atoms with E-state index in [0.29, 0.717) is 16.3 Å². The summed E-state index contributed by atoms with van der Waals surface area (Å²) in [7, 11) is 0. The Morgan fingerprint density at radius 2 is 1.94 bits per heavy atom. The molecule has 3 N–H and O–H groups in total. The first-order chi connectivity index (χ1) is 15.0. The molecule has 0 unspecified atom stereocenters. The van der Waals surface area contributed by atoms with Crippen LogP contribution in [-0.2, 0) is 13.2 Å². The molecule has 0 spiro atoms. The molecule has 156 valence electrons. The summed E-state index contributed by atoms with van der Waals surface area (Å²) in [5.74, 6) is -0.585. The quantitative estimate of drug-likeness (QED) is 0.627. The minimum Gasteiger partial charge on any atom is -0.489 e. The lowest BCUT2D eigenvalue weighted by Crippen LogP contribution is -2.25. The lowest BCUT2D eigenvalue weighted by atomic mass is 9.87. The number of nitrogens with two attached hydrogens (primary N) is 1. The van der Waals surface area contributed by atoms with Gasteiger partial charge in [-0.2, -0.15) is 5.26 Å². The van der Waals surface area contributed by atoms with Crippen molar-refractivity contribution < 1.29 is 19.0 Å². The Labute approximate surface area is 182 Å². The Hall–Kier alpha value is -3.73. The van der Waals surface area contributed by atoms with Crippen molar-refractivity contribution in [1.82, 2.24) is 0 Å². The van der Waals surface area contributed by atoms with Gasteiger partial charge in [0.1, 0.15) is 36.4 Å². The van der Waals surface area contributed by atoms with Gasteiger partial charge in [0, 0.05) is 22.2 Å². The van der Waals surface area contributed by atoms with Crippen LogP contribution >= 0.6 is 11.6 Å².